The van der Waals surface area contributed by atoms with Crippen molar-refractivity contribution >= 4 is 0 Å². The first-order valence-electron chi connectivity index (χ1n) is 10.5. The van der Waals surface area contributed by atoms with Crippen molar-refractivity contribution in [3.8, 4) is 0 Å². The van der Waals surface area contributed by atoms with E-state index >= 15 is 0 Å². The Labute approximate surface area is 160 Å². The molecular weight excluding hydrogens is 320 g/mol. The van der Waals surface area contributed by atoms with Crippen LogP contribution in [0.2, 0.25) is 0 Å². The van der Waals surface area contributed by atoms with Crippen LogP contribution in [0.15, 0.2) is 30.3 Å². The lowest BCUT2D eigenvalue weighted by atomic mass is 9.62. The summed E-state index contributed by atoms with van der Waals surface area (Å²) in [6.45, 7) is 11.4. The first kappa shape index (κ1) is 19.9. The molecule has 146 valence electrons. The van der Waals surface area contributed by atoms with Crippen LogP contribution in [0.5, 0.6) is 0 Å². The van der Waals surface area contributed by atoms with Crippen molar-refractivity contribution in [3.63, 3.8) is 0 Å². The topological polar surface area (TPSA) is 33.3 Å². The first-order chi connectivity index (χ1) is 12.4. The molecule has 2 fully saturated rings. The monoisotopic (exact) mass is 358 g/mol. The molecule has 2 aliphatic rings. The lowest BCUT2D eigenvalue weighted by Gasteiger charge is -2.49. The number of rotatable bonds is 9. The smallest absolute Gasteiger partial charge is 0.0783 e. The Balaban J connectivity index is 1.80. The van der Waals surface area contributed by atoms with Gasteiger partial charge in [0.05, 0.1) is 18.4 Å². The Morgan fingerprint density at radius 2 is 1.92 bits per heavy atom. The van der Waals surface area contributed by atoms with Crippen molar-refractivity contribution in [1.82, 2.24) is 10.6 Å². The molecule has 2 aliphatic carbocycles. The summed E-state index contributed by atoms with van der Waals surface area (Å²) >= 11 is 0. The Hall–Kier alpha value is -0.900. The van der Waals surface area contributed by atoms with Crippen molar-refractivity contribution in [3.05, 3.63) is 35.9 Å². The lowest BCUT2D eigenvalue weighted by Crippen LogP contribution is -2.51. The minimum atomic E-state index is -0.0364. The summed E-state index contributed by atoms with van der Waals surface area (Å²) < 4.78 is 6.87. The van der Waals surface area contributed by atoms with Gasteiger partial charge < -0.3 is 15.4 Å². The Kier molecular flexibility index (Phi) is 5.81. The van der Waals surface area contributed by atoms with Crippen LogP contribution >= 0.6 is 0 Å². The molecule has 0 radical (unpaired) electrons. The van der Waals surface area contributed by atoms with Gasteiger partial charge in [0.2, 0.25) is 0 Å². The second-order valence-electron chi connectivity index (χ2n) is 9.19. The van der Waals surface area contributed by atoms with Gasteiger partial charge in [-0.1, -0.05) is 58.0 Å². The average Bonchev–Trinajstić information content (AvgIpc) is 2.94. The largest absolute Gasteiger partial charge is 0.374 e. The first-order valence-corrected chi connectivity index (χ1v) is 10.5. The van der Waals surface area contributed by atoms with E-state index < -0.39 is 0 Å². The minimum absolute atomic E-state index is 0.0364. The van der Waals surface area contributed by atoms with Crippen molar-refractivity contribution in [2.75, 3.05) is 20.2 Å². The summed E-state index contributed by atoms with van der Waals surface area (Å²) in [5.41, 5.74) is 1.97. The number of hydrogen-bond donors (Lipinski definition) is 2. The molecule has 0 spiro atoms. The maximum atomic E-state index is 6.87. The van der Waals surface area contributed by atoms with Crippen LogP contribution in [0.4, 0.5) is 0 Å². The average molecular weight is 359 g/mol. The SMILES string of the molecule is CCNC(CCO[C@]1(Cc2ccccc2)C[C@H]2CC[C@]1(C)C2(C)C)NC. The van der Waals surface area contributed by atoms with Crippen molar-refractivity contribution in [1.29, 1.82) is 0 Å². The van der Waals surface area contributed by atoms with E-state index in [4.69, 9.17) is 4.74 Å². The van der Waals surface area contributed by atoms with Gasteiger partial charge in [0.1, 0.15) is 0 Å². The predicted molar refractivity (Wildman–Crippen MR) is 109 cm³/mol. The normalized spacial score (nSPS) is 33.5. The lowest BCUT2D eigenvalue weighted by molar-refractivity contribution is -0.140. The zero-order valence-corrected chi connectivity index (χ0v) is 17.4. The van der Waals surface area contributed by atoms with E-state index in [0.717, 1.165) is 31.9 Å². The molecular formula is C23H38N2O. The molecule has 3 heteroatoms. The standard InChI is InChI=1S/C23H38N2O/c1-6-25-20(24-5)13-15-26-23(16-18-10-8-7-9-11-18)17-19-12-14-22(23,4)21(19,2)3/h7-11,19-20,24-25H,6,12-17H2,1-5H3/t19-,20?,22-,23-/m1/s1. The number of benzene rings is 1. The summed E-state index contributed by atoms with van der Waals surface area (Å²) in [6.07, 6.45) is 6.22. The molecule has 3 rings (SSSR count). The van der Waals surface area contributed by atoms with Crippen LogP contribution in [0.25, 0.3) is 0 Å². The fourth-order valence-corrected chi connectivity index (χ4v) is 5.82. The number of hydrogen-bond acceptors (Lipinski definition) is 3. The highest BCUT2D eigenvalue weighted by molar-refractivity contribution is 5.25. The molecule has 0 heterocycles. The van der Waals surface area contributed by atoms with E-state index in [9.17, 15) is 0 Å². The number of nitrogens with one attached hydrogen (secondary N) is 2. The molecule has 0 amide bonds. The molecule has 0 saturated heterocycles. The highest BCUT2D eigenvalue weighted by Gasteiger charge is 2.69. The Morgan fingerprint density at radius 3 is 2.46 bits per heavy atom. The van der Waals surface area contributed by atoms with Crippen LogP contribution < -0.4 is 10.6 Å². The van der Waals surface area contributed by atoms with Gasteiger partial charge in [0, 0.05) is 11.8 Å². The van der Waals surface area contributed by atoms with Gasteiger partial charge in [-0.05, 0) is 56.2 Å². The van der Waals surface area contributed by atoms with E-state index in [-0.39, 0.29) is 11.0 Å². The second-order valence-corrected chi connectivity index (χ2v) is 9.19. The van der Waals surface area contributed by atoms with E-state index in [0.29, 0.717) is 11.6 Å². The molecule has 4 atom stereocenters. The minimum Gasteiger partial charge on any atom is -0.374 e. The molecule has 1 aromatic rings. The van der Waals surface area contributed by atoms with Gasteiger partial charge in [-0.25, -0.2) is 0 Å². The third-order valence-corrected chi connectivity index (χ3v) is 7.93. The predicted octanol–water partition coefficient (Wildman–Crippen LogP) is 4.38. The van der Waals surface area contributed by atoms with Gasteiger partial charge in [0.25, 0.3) is 0 Å². The summed E-state index contributed by atoms with van der Waals surface area (Å²) in [6, 6.07) is 11.0. The van der Waals surface area contributed by atoms with E-state index in [1.807, 2.05) is 7.05 Å². The molecule has 2 saturated carbocycles. The van der Waals surface area contributed by atoms with Crippen LogP contribution in [0.3, 0.4) is 0 Å². The third kappa shape index (κ3) is 3.23. The van der Waals surface area contributed by atoms with E-state index in [2.05, 4.69) is 68.7 Å². The zero-order chi connectivity index (χ0) is 18.8. The highest BCUT2D eigenvalue weighted by atomic mass is 16.5. The molecule has 1 aromatic carbocycles. The highest BCUT2D eigenvalue weighted by Crippen LogP contribution is 2.71. The fraction of sp³-hybridized carbons (Fsp3) is 0.739. The summed E-state index contributed by atoms with van der Waals surface area (Å²) in [7, 11) is 2.02. The Morgan fingerprint density at radius 1 is 1.19 bits per heavy atom. The number of ether oxygens (including phenoxy) is 1. The van der Waals surface area contributed by atoms with Gasteiger partial charge in [0.15, 0.2) is 0 Å². The third-order valence-electron chi connectivity index (χ3n) is 7.93. The summed E-state index contributed by atoms with van der Waals surface area (Å²) in [4.78, 5) is 0. The molecule has 1 unspecified atom stereocenters. The van der Waals surface area contributed by atoms with E-state index in [1.165, 1.54) is 24.8 Å². The maximum absolute atomic E-state index is 6.87. The molecule has 2 N–H and O–H groups in total. The molecule has 2 bridgehead atoms. The van der Waals surface area contributed by atoms with Gasteiger partial charge in [-0.3, -0.25) is 0 Å². The van der Waals surface area contributed by atoms with Crippen molar-refractivity contribution < 1.29 is 4.74 Å². The maximum Gasteiger partial charge on any atom is 0.0783 e. The fourth-order valence-electron chi connectivity index (χ4n) is 5.82. The summed E-state index contributed by atoms with van der Waals surface area (Å²) in [5.74, 6) is 0.782. The van der Waals surface area contributed by atoms with Gasteiger partial charge in [-0.15, -0.1) is 0 Å². The molecule has 26 heavy (non-hydrogen) atoms. The zero-order valence-electron chi connectivity index (χ0n) is 17.4. The Bertz CT molecular complexity index is 587. The summed E-state index contributed by atoms with van der Waals surface area (Å²) in [5, 5.41) is 6.85. The van der Waals surface area contributed by atoms with Gasteiger partial charge in [-0.2, -0.15) is 0 Å². The van der Waals surface area contributed by atoms with E-state index in [1.54, 1.807) is 0 Å². The molecule has 0 aliphatic heterocycles. The van der Waals surface area contributed by atoms with Gasteiger partial charge >= 0.3 is 0 Å². The second kappa shape index (κ2) is 7.61. The van der Waals surface area contributed by atoms with Crippen LogP contribution in [0, 0.1) is 16.7 Å². The van der Waals surface area contributed by atoms with Crippen molar-refractivity contribution in [2.24, 2.45) is 16.7 Å². The van der Waals surface area contributed by atoms with Crippen LogP contribution in [-0.4, -0.2) is 32.0 Å². The number of fused-ring (bicyclic) bond motifs is 2. The quantitative estimate of drug-likeness (QED) is 0.643. The van der Waals surface area contributed by atoms with Crippen LogP contribution in [0.1, 0.15) is 58.9 Å². The molecule has 3 nitrogen and oxygen atoms in total. The van der Waals surface area contributed by atoms with Crippen molar-refractivity contribution in [2.45, 2.75) is 71.6 Å². The van der Waals surface area contributed by atoms with Crippen LogP contribution in [-0.2, 0) is 11.2 Å². The molecule has 0 aromatic heterocycles.